The zero-order chi connectivity index (χ0) is 35.6. The van der Waals surface area contributed by atoms with Gasteiger partial charge < -0.3 is 18.9 Å². The van der Waals surface area contributed by atoms with E-state index < -0.39 is 11.9 Å². The maximum atomic E-state index is 12.6. The van der Waals surface area contributed by atoms with Gasteiger partial charge in [0.2, 0.25) is 0 Å². The number of nitrogens with zero attached hydrogens (tertiary/aromatic N) is 6. The lowest BCUT2D eigenvalue weighted by Crippen LogP contribution is -2.14. The van der Waals surface area contributed by atoms with Gasteiger partial charge in [0.05, 0.1) is 22.5 Å². The van der Waals surface area contributed by atoms with E-state index in [-0.39, 0.29) is 25.4 Å². The van der Waals surface area contributed by atoms with Crippen molar-refractivity contribution in [3.63, 3.8) is 0 Å². The summed E-state index contributed by atoms with van der Waals surface area (Å²) in [4.78, 5) is 33.5. The lowest BCUT2D eigenvalue weighted by molar-refractivity contribution is 0.0512. The molecule has 256 valence electrons. The number of pyridine rings is 2. The van der Waals surface area contributed by atoms with Crippen molar-refractivity contribution in [3.05, 3.63) is 127 Å². The number of fused-ring (bicyclic) bond motifs is 2. The van der Waals surface area contributed by atoms with Crippen LogP contribution in [0.3, 0.4) is 0 Å². The summed E-state index contributed by atoms with van der Waals surface area (Å²) >= 11 is 4.31. The Bertz CT molecular complexity index is 2150. The number of hydrogen-bond donors (Lipinski definition) is 0. The molecule has 6 aromatic rings. The van der Waals surface area contributed by atoms with Crippen molar-refractivity contribution < 1.29 is 28.5 Å². The van der Waals surface area contributed by atoms with Gasteiger partial charge in [0.15, 0.2) is 17.0 Å². The van der Waals surface area contributed by atoms with Crippen LogP contribution in [0.1, 0.15) is 56.9 Å². The number of aromatic nitrogens is 6. The molecule has 4 heterocycles. The van der Waals surface area contributed by atoms with Crippen LogP contribution in [0.15, 0.2) is 86.5 Å². The summed E-state index contributed by atoms with van der Waals surface area (Å²) in [5.74, 6) is -0.152. The Morgan fingerprint density at radius 3 is 1.70 bits per heavy atom. The third-order valence-electron chi connectivity index (χ3n) is 7.12. The van der Waals surface area contributed by atoms with E-state index >= 15 is 0 Å². The van der Waals surface area contributed by atoms with Gasteiger partial charge in [-0.05, 0) is 76.2 Å². The van der Waals surface area contributed by atoms with E-state index in [1.54, 1.807) is 30.5 Å². The van der Waals surface area contributed by atoms with Crippen LogP contribution in [-0.4, -0.2) is 54.3 Å². The van der Waals surface area contributed by atoms with Crippen molar-refractivity contribution in [2.45, 2.75) is 27.1 Å². The van der Waals surface area contributed by atoms with Crippen LogP contribution < -0.4 is 9.47 Å². The SMILES string of the molecule is C=Cc1c(OCc2ccccc2)c(C(=O)OCC)c2ncnn2c1C=C.CCOC(=O)c1c(OCc2ccccc2)c(I)c(I)n2ncnc12. The Kier molecular flexibility index (Phi) is 12.5. The topological polar surface area (TPSA) is 131 Å². The maximum Gasteiger partial charge on any atom is 0.345 e. The predicted molar refractivity (Wildman–Crippen MR) is 205 cm³/mol. The largest absolute Gasteiger partial charge is 0.487 e. The second-order valence-corrected chi connectivity index (χ2v) is 12.3. The van der Waals surface area contributed by atoms with Crippen molar-refractivity contribution in [1.82, 2.24) is 29.2 Å². The lowest BCUT2D eigenvalue weighted by Gasteiger charge is -2.17. The zero-order valence-electron chi connectivity index (χ0n) is 27.2. The molecule has 0 amide bonds. The molecule has 0 fully saturated rings. The third-order valence-corrected chi connectivity index (χ3v) is 10.1. The highest BCUT2D eigenvalue weighted by atomic mass is 127. The van der Waals surface area contributed by atoms with E-state index in [0.29, 0.717) is 46.2 Å². The molecule has 14 heteroatoms. The molecule has 0 bridgehead atoms. The second-order valence-electron chi connectivity index (χ2n) is 10.2. The van der Waals surface area contributed by atoms with Crippen LogP contribution in [0.25, 0.3) is 23.4 Å². The molecule has 0 N–H and O–H groups in total. The van der Waals surface area contributed by atoms with E-state index in [9.17, 15) is 9.59 Å². The molecular formula is C36H32I2N6O6. The highest BCUT2D eigenvalue weighted by molar-refractivity contribution is 14.1. The zero-order valence-corrected chi connectivity index (χ0v) is 31.5. The summed E-state index contributed by atoms with van der Waals surface area (Å²) < 4.78 is 27.2. The second kappa shape index (κ2) is 17.2. The highest BCUT2D eigenvalue weighted by Crippen LogP contribution is 2.35. The van der Waals surface area contributed by atoms with Gasteiger partial charge in [-0.25, -0.2) is 28.6 Å². The van der Waals surface area contributed by atoms with Crippen LogP contribution in [0.2, 0.25) is 0 Å². The minimum atomic E-state index is -0.521. The first kappa shape index (κ1) is 36.4. The summed E-state index contributed by atoms with van der Waals surface area (Å²) in [5, 5.41) is 8.36. The molecule has 4 aromatic heterocycles. The van der Waals surface area contributed by atoms with Crippen LogP contribution in [0, 0.1) is 7.27 Å². The van der Waals surface area contributed by atoms with Gasteiger partial charge in [0.1, 0.15) is 46.4 Å². The third kappa shape index (κ3) is 7.80. The van der Waals surface area contributed by atoms with Gasteiger partial charge in [-0.1, -0.05) is 79.9 Å². The molecule has 0 atom stereocenters. The number of halogens is 2. The van der Waals surface area contributed by atoms with Gasteiger partial charge in [-0.2, -0.15) is 10.2 Å². The molecule has 0 saturated carbocycles. The molecule has 0 radical (unpaired) electrons. The summed E-state index contributed by atoms with van der Waals surface area (Å²) in [6.45, 7) is 12.3. The fourth-order valence-corrected chi connectivity index (χ4v) is 6.17. The normalized spacial score (nSPS) is 10.6. The van der Waals surface area contributed by atoms with Crippen molar-refractivity contribution in [3.8, 4) is 11.5 Å². The summed E-state index contributed by atoms with van der Waals surface area (Å²) in [5.41, 5.74) is 4.54. The molecule has 2 aromatic carbocycles. The van der Waals surface area contributed by atoms with Crippen LogP contribution in [0.5, 0.6) is 11.5 Å². The molecule has 12 nitrogen and oxygen atoms in total. The average molecular weight is 898 g/mol. The Morgan fingerprint density at radius 2 is 1.20 bits per heavy atom. The van der Waals surface area contributed by atoms with E-state index in [1.165, 1.54) is 17.2 Å². The van der Waals surface area contributed by atoms with E-state index in [1.807, 2.05) is 60.7 Å². The summed E-state index contributed by atoms with van der Waals surface area (Å²) in [7, 11) is 0. The highest BCUT2D eigenvalue weighted by Gasteiger charge is 2.27. The van der Waals surface area contributed by atoms with Crippen molar-refractivity contribution >= 4 is 80.6 Å². The Morgan fingerprint density at radius 1 is 0.720 bits per heavy atom. The molecule has 0 spiro atoms. The van der Waals surface area contributed by atoms with Gasteiger partial charge in [-0.15, -0.1) is 0 Å². The monoisotopic (exact) mass is 898 g/mol. The average Bonchev–Trinajstić information content (AvgIpc) is 3.83. The quantitative estimate of drug-likeness (QED) is 0.0693. The molecule has 0 aliphatic carbocycles. The molecule has 0 saturated heterocycles. The number of ether oxygens (including phenoxy) is 4. The number of esters is 2. The van der Waals surface area contributed by atoms with Crippen molar-refractivity contribution in [2.75, 3.05) is 13.2 Å². The maximum absolute atomic E-state index is 12.6. The molecular weight excluding hydrogens is 866 g/mol. The number of carbonyl (C=O) groups is 2. The Labute approximate surface area is 315 Å². The van der Waals surface area contributed by atoms with Gasteiger partial charge in [-0.3, -0.25) is 0 Å². The standard InChI is InChI=1S/C20H19N3O3.C16H13I2N3O3/c1-4-15-16(5-2)23-19(21-13-22-23)17(20(24)25-6-3)18(15)26-12-14-10-8-7-9-11-14;1-2-23-16(22)11-13(24-8-10-6-4-3-5-7-10)12(17)14(18)21-15(11)19-9-20-21/h4-5,7-11,13H,1-2,6,12H2,3H3;3-7,9H,2,8H2,1H3. The molecule has 0 aliphatic heterocycles. The van der Waals surface area contributed by atoms with Crippen LogP contribution in [0.4, 0.5) is 0 Å². The van der Waals surface area contributed by atoms with Crippen LogP contribution in [-0.2, 0) is 22.7 Å². The fraction of sp³-hybridized carbons (Fsp3) is 0.167. The van der Waals surface area contributed by atoms with E-state index in [4.69, 9.17) is 18.9 Å². The van der Waals surface area contributed by atoms with Gasteiger partial charge in [0, 0.05) is 5.56 Å². The van der Waals surface area contributed by atoms with Crippen molar-refractivity contribution in [1.29, 1.82) is 0 Å². The van der Waals surface area contributed by atoms with E-state index in [2.05, 4.69) is 78.5 Å². The molecule has 0 unspecified atom stereocenters. The minimum absolute atomic E-state index is 0.223. The van der Waals surface area contributed by atoms with Gasteiger partial charge in [0.25, 0.3) is 0 Å². The molecule has 6 rings (SSSR count). The van der Waals surface area contributed by atoms with Crippen LogP contribution >= 0.6 is 45.2 Å². The summed E-state index contributed by atoms with van der Waals surface area (Å²) in [6, 6.07) is 19.5. The fourth-order valence-electron chi connectivity index (χ4n) is 4.92. The Hall–Kier alpha value is -4.84. The number of rotatable bonds is 12. The number of benzene rings is 2. The Balaban J connectivity index is 0.000000195. The number of hydrogen-bond acceptors (Lipinski definition) is 10. The van der Waals surface area contributed by atoms with Crippen molar-refractivity contribution in [2.24, 2.45) is 0 Å². The van der Waals surface area contributed by atoms with Gasteiger partial charge >= 0.3 is 11.9 Å². The first-order valence-corrected chi connectivity index (χ1v) is 17.5. The summed E-state index contributed by atoms with van der Waals surface area (Å²) in [6.07, 6.45) is 6.03. The lowest BCUT2D eigenvalue weighted by atomic mass is 10.1. The first-order chi connectivity index (χ1) is 24.3. The first-order valence-electron chi connectivity index (χ1n) is 15.4. The molecule has 0 aliphatic rings. The van der Waals surface area contributed by atoms with E-state index in [0.717, 1.165) is 18.4 Å². The number of carbonyl (C=O) groups excluding carboxylic acids is 2. The smallest absolute Gasteiger partial charge is 0.345 e. The predicted octanol–water partition coefficient (Wildman–Crippen LogP) is 7.47. The minimum Gasteiger partial charge on any atom is -0.487 e. The molecule has 50 heavy (non-hydrogen) atoms.